The molecule has 1 aromatic carbocycles. The molecule has 0 saturated carbocycles. The van der Waals surface area contributed by atoms with Gasteiger partial charge in [0.15, 0.2) is 0 Å². The van der Waals surface area contributed by atoms with Crippen LogP contribution >= 0.6 is 0 Å². The zero-order valence-electron chi connectivity index (χ0n) is 12.6. The Hall–Kier alpha value is -0.930. The lowest BCUT2D eigenvalue weighted by atomic mass is 9.95. The van der Waals surface area contributed by atoms with Crippen LogP contribution in [0.15, 0.2) is 24.3 Å². The van der Waals surface area contributed by atoms with Gasteiger partial charge in [0, 0.05) is 13.1 Å². The fraction of sp³-hybridized carbons (Fsp3) is 0.625. The summed E-state index contributed by atoms with van der Waals surface area (Å²) in [5, 5.41) is 3.25. The fourth-order valence-electron chi connectivity index (χ4n) is 2.28. The number of nitrogens with zero attached hydrogens (tertiary/aromatic N) is 1. The maximum absolute atomic E-state index is 13.5. The fourth-order valence-corrected chi connectivity index (χ4v) is 2.28. The molecule has 0 heterocycles. The average Bonchev–Trinajstić information content (AvgIpc) is 2.37. The van der Waals surface area contributed by atoms with E-state index in [0.29, 0.717) is 11.8 Å². The molecule has 0 fully saturated rings. The van der Waals surface area contributed by atoms with E-state index in [-0.39, 0.29) is 5.82 Å². The van der Waals surface area contributed by atoms with E-state index in [1.54, 1.807) is 6.07 Å². The summed E-state index contributed by atoms with van der Waals surface area (Å²) in [4.78, 5) is 2.30. The van der Waals surface area contributed by atoms with Crippen LogP contribution in [0.3, 0.4) is 0 Å². The van der Waals surface area contributed by atoms with E-state index in [0.717, 1.165) is 31.6 Å². The summed E-state index contributed by atoms with van der Waals surface area (Å²) in [7, 11) is 4.11. The Balaban J connectivity index is 2.42. The largest absolute Gasteiger partial charge is 0.319 e. The molecule has 1 atom stereocenters. The number of benzene rings is 1. The van der Waals surface area contributed by atoms with Gasteiger partial charge in [-0.05, 0) is 50.5 Å². The highest BCUT2D eigenvalue weighted by molar-refractivity contribution is 5.17. The minimum absolute atomic E-state index is 0.0912. The van der Waals surface area contributed by atoms with Crippen LogP contribution in [0.5, 0.6) is 0 Å². The Morgan fingerprint density at radius 3 is 2.53 bits per heavy atom. The van der Waals surface area contributed by atoms with Gasteiger partial charge in [-0.25, -0.2) is 4.39 Å². The summed E-state index contributed by atoms with van der Waals surface area (Å²) in [5.41, 5.74) is 0.809. The van der Waals surface area contributed by atoms with Crippen LogP contribution in [-0.4, -0.2) is 38.6 Å². The van der Waals surface area contributed by atoms with E-state index in [1.807, 2.05) is 19.2 Å². The van der Waals surface area contributed by atoms with E-state index >= 15 is 0 Å². The van der Waals surface area contributed by atoms with Crippen LogP contribution in [0.1, 0.15) is 19.4 Å². The highest BCUT2D eigenvalue weighted by Gasteiger charge is 2.15. The zero-order chi connectivity index (χ0) is 14.3. The summed E-state index contributed by atoms with van der Waals surface area (Å²) in [6.45, 7) is 7.49. The third-order valence-electron chi connectivity index (χ3n) is 3.68. The van der Waals surface area contributed by atoms with Gasteiger partial charge in [-0.3, -0.25) is 0 Å². The SMILES string of the molecule is CNCC(CN(C)CCc1ccccc1F)C(C)C. The van der Waals surface area contributed by atoms with Gasteiger partial charge in [-0.2, -0.15) is 0 Å². The second-order valence-electron chi connectivity index (χ2n) is 5.67. The molecule has 3 heteroatoms. The predicted molar refractivity (Wildman–Crippen MR) is 79.9 cm³/mol. The monoisotopic (exact) mass is 266 g/mol. The third-order valence-corrected chi connectivity index (χ3v) is 3.68. The zero-order valence-corrected chi connectivity index (χ0v) is 12.6. The number of rotatable bonds is 8. The van der Waals surface area contributed by atoms with E-state index in [9.17, 15) is 4.39 Å². The second-order valence-corrected chi connectivity index (χ2v) is 5.67. The molecule has 0 spiro atoms. The number of halogens is 1. The highest BCUT2D eigenvalue weighted by atomic mass is 19.1. The predicted octanol–water partition coefficient (Wildman–Crippen LogP) is 2.79. The maximum Gasteiger partial charge on any atom is 0.126 e. The molecule has 0 saturated heterocycles. The standard InChI is InChI=1S/C16H27FN2/c1-13(2)15(11-18-3)12-19(4)10-9-14-7-5-6-8-16(14)17/h5-8,13,15,18H,9-12H2,1-4H3. The Morgan fingerprint density at radius 1 is 1.26 bits per heavy atom. The minimum Gasteiger partial charge on any atom is -0.319 e. The molecule has 0 aliphatic carbocycles. The summed E-state index contributed by atoms with van der Waals surface area (Å²) in [5.74, 6) is 1.20. The maximum atomic E-state index is 13.5. The number of hydrogen-bond donors (Lipinski definition) is 1. The number of hydrogen-bond acceptors (Lipinski definition) is 2. The number of nitrogens with one attached hydrogen (secondary N) is 1. The summed E-state index contributed by atoms with van der Waals surface area (Å²) in [6.07, 6.45) is 0.771. The first kappa shape index (κ1) is 16.1. The van der Waals surface area contributed by atoms with Crippen molar-refractivity contribution < 1.29 is 4.39 Å². The van der Waals surface area contributed by atoms with Crippen LogP contribution in [0.2, 0.25) is 0 Å². The van der Waals surface area contributed by atoms with Gasteiger partial charge >= 0.3 is 0 Å². The Labute approximate surface area is 117 Å². The molecular formula is C16H27FN2. The van der Waals surface area contributed by atoms with Crippen LogP contribution in [0, 0.1) is 17.7 Å². The molecule has 0 bridgehead atoms. The molecular weight excluding hydrogens is 239 g/mol. The van der Waals surface area contributed by atoms with Crippen molar-refractivity contribution in [1.29, 1.82) is 0 Å². The van der Waals surface area contributed by atoms with Crippen molar-refractivity contribution >= 4 is 0 Å². The van der Waals surface area contributed by atoms with Crippen LogP contribution in [-0.2, 0) is 6.42 Å². The van der Waals surface area contributed by atoms with Gasteiger partial charge in [0.05, 0.1) is 0 Å². The molecule has 0 aromatic heterocycles. The molecule has 0 radical (unpaired) electrons. The first-order valence-corrected chi connectivity index (χ1v) is 7.11. The lowest BCUT2D eigenvalue weighted by Crippen LogP contribution is -2.35. The third kappa shape index (κ3) is 5.70. The van der Waals surface area contributed by atoms with E-state index < -0.39 is 0 Å². The normalized spacial score (nSPS) is 13.2. The lowest BCUT2D eigenvalue weighted by Gasteiger charge is -2.26. The van der Waals surface area contributed by atoms with Crippen molar-refractivity contribution in [2.45, 2.75) is 20.3 Å². The van der Waals surface area contributed by atoms with Crippen LogP contribution in [0.25, 0.3) is 0 Å². The molecule has 0 aliphatic heterocycles. The summed E-state index contributed by atoms with van der Waals surface area (Å²) in [6, 6.07) is 7.05. The van der Waals surface area contributed by atoms with Crippen molar-refractivity contribution in [3.63, 3.8) is 0 Å². The second kappa shape index (κ2) is 8.28. The van der Waals surface area contributed by atoms with E-state index in [4.69, 9.17) is 0 Å². The Morgan fingerprint density at radius 2 is 1.95 bits per heavy atom. The first-order chi connectivity index (χ1) is 9.04. The molecule has 19 heavy (non-hydrogen) atoms. The summed E-state index contributed by atoms with van der Waals surface area (Å²) < 4.78 is 13.5. The summed E-state index contributed by atoms with van der Waals surface area (Å²) >= 11 is 0. The van der Waals surface area contributed by atoms with Gasteiger partial charge in [-0.15, -0.1) is 0 Å². The van der Waals surface area contributed by atoms with Crippen molar-refractivity contribution in [2.24, 2.45) is 11.8 Å². The molecule has 1 N–H and O–H groups in total. The smallest absolute Gasteiger partial charge is 0.126 e. The van der Waals surface area contributed by atoms with E-state index in [1.165, 1.54) is 6.07 Å². The molecule has 1 aromatic rings. The van der Waals surface area contributed by atoms with Gasteiger partial charge in [0.25, 0.3) is 0 Å². The quantitative estimate of drug-likeness (QED) is 0.778. The molecule has 2 nitrogen and oxygen atoms in total. The van der Waals surface area contributed by atoms with Crippen LogP contribution in [0.4, 0.5) is 4.39 Å². The lowest BCUT2D eigenvalue weighted by molar-refractivity contribution is 0.234. The highest BCUT2D eigenvalue weighted by Crippen LogP contribution is 2.12. The minimum atomic E-state index is -0.0912. The Kier molecular flexibility index (Phi) is 7.03. The van der Waals surface area contributed by atoms with Crippen molar-refractivity contribution in [2.75, 3.05) is 33.7 Å². The molecule has 1 unspecified atom stereocenters. The topological polar surface area (TPSA) is 15.3 Å². The average molecular weight is 266 g/mol. The van der Waals surface area contributed by atoms with Crippen molar-refractivity contribution in [1.82, 2.24) is 10.2 Å². The van der Waals surface area contributed by atoms with Gasteiger partial charge in [0.1, 0.15) is 5.82 Å². The Bertz CT molecular complexity index is 366. The van der Waals surface area contributed by atoms with Crippen molar-refractivity contribution in [3.05, 3.63) is 35.6 Å². The number of likely N-dealkylation sites (N-methyl/N-ethyl adjacent to an activating group) is 1. The molecule has 0 aliphatic rings. The van der Waals surface area contributed by atoms with Gasteiger partial charge in [-0.1, -0.05) is 32.0 Å². The van der Waals surface area contributed by atoms with E-state index in [2.05, 4.69) is 31.1 Å². The molecule has 0 amide bonds. The molecule has 108 valence electrons. The van der Waals surface area contributed by atoms with Gasteiger partial charge < -0.3 is 10.2 Å². The van der Waals surface area contributed by atoms with Gasteiger partial charge in [0.2, 0.25) is 0 Å². The first-order valence-electron chi connectivity index (χ1n) is 7.11. The van der Waals surface area contributed by atoms with Crippen molar-refractivity contribution in [3.8, 4) is 0 Å². The van der Waals surface area contributed by atoms with Crippen LogP contribution < -0.4 is 5.32 Å². The molecule has 1 rings (SSSR count).